The molecule has 1 aliphatic rings. The molecule has 1 aliphatic carbocycles. The molecular weight excluding hydrogens is 336 g/mol. The number of nitrogens with zero attached hydrogens (tertiary/aromatic N) is 1. The first kappa shape index (κ1) is 17.1. The zero-order valence-electron chi connectivity index (χ0n) is 13.3. The molecule has 0 N–H and O–H groups in total. The molecule has 3 rings (SSSR count). The SMILES string of the molecule is Cc1ccc(S(=O)(=O)n2ccc3c2CC(OCC(F)F)CC3)cc1. The number of rotatable bonds is 5. The Hall–Kier alpha value is -1.73. The largest absolute Gasteiger partial charge is 0.372 e. The number of halogens is 2. The van der Waals surface area contributed by atoms with Crippen LogP contribution in [0.1, 0.15) is 23.2 Å². The van der Waals surface area contributed by atoms with Gasteiger partial charge in [0.05, 0.1) is 11.0 Å². The van der Waals surface area contributed by atoms with Gasteiger partial charge >= 0.3 is 0 Å². The molecule has 7 heteroatoms. The summed E-state index contributed by atoms with van der Waals surface area (Å²) in [5.41, 5.74) is 2.53. The second-order valence-corrected chi connectivity index (χ2v) is 7.81. The number of fused-ring (bicyclic) bond motifs is 1. The lowest BCUT2D eigenvalue weighted by Gasteiger charge is -2.24. The van der Waals surface area contributed by atoms with E-state index in [2.05, 4.69) is 0 Å². The van der Waals surface area contributed by atoms with Crippen molar-refractivity contribution in [2.24, 2.45) is 0 Å². The molecule has 130 valence electrons. The summed E-state index contributed by atoms with van der Waals surface area (Å²) < 4.78 is 56.8. The molecular formula is C17H19F2NO3S. The Labute approximate surface area is 140 Å². The first-order valence-corrected chi connectivity index (χ1v) is 9.23. The van der Waals surface area contributed by atoms with Crippen LogP contribution in [0, 0.1) is 6.92 Å². The molecule has 0 radical (unpaired) electrons. The summed E-state index contributed by atoms with van der Waals surface area (Å²) in [6.07, 6.45) is 0.201. The summed E-state index contributed by atoms with van der Waals surface area (Å²) in [6, 6.07) is 8.43. The molecule has 1 aromatic heterocycles. The first-order chi connectivity index (χ1) is 11.4. The van der Waals surface area contributed by atoms with Crippen LogP contribution < -0.4 is 0 Å². The smallest absolute Gasteiger partial charge is 0.267 e. The Kier molecular flexibility index (Phi) is 4.73. The normalized spacial score (nSPS) is 17.9. The molecule has 0 saturated carbocycles. The van der Waals surface area contributed by atoms with Crippen LogP contribution in [0.3, 0.4) is 0 Å². The van der Waals surface area contributed by atoms with E-state index in [1.807, 2.05) is 6.92 Å². The highest BCUT2D eigenvalue weighted by Gasteiger charge is 2.28. The van der Waals surface area contributed by atoms with E-state index in [-0.39, 0.29) is 11.0 Å². The predicted molar refractivity (Wildman–Crippen MR) is 86.0 cm³/mol. The summed E-state index contributed by atoms with van der Waals surface area (Å²) in [4.78, 5) is 0.210. The lowest BCUT2D eigenvalue weighted by Crippen LogP contribution is -2.27. The molecule has 0 amide bonds. The third-order valence-corrected chi connectivity index (χ3v) is 5.97. The minimum Gasteiger partial charge on any atom is -0.372 e. The van der Waals surface area contributed by atoms with Crippen molar-refractivity contribution in [3.63, 3.8) is 0 Å². The van der Waals surface area contributed by atoms with Gasteiger partial charge < -0.3 is 4.74 Å². The van der Waals surface area contributed by atoms with Crippen LogP contribution in [0.25, 0.3) is 0 Å². The van der Waals surface area contributed by atoms with Crippen LogP contribution in [0.15, 0.2) is 41.4 Å². The Morgan fingerprint density at radius 1 is 1.25 bits per heavy atom. The summed E-state index contributed by atoms with van der Waals surface area (Å²) in [6.45, 7) is 1.27. The van der Waals surface area contributed by atoms with E-state index in [0.717, 1.165) is 11.1 Å². The number of hydrogen-bond acceptors (Lipinski definition) is 3. The van der Waals surface area contributed by atoms with E-state index < -0.39 is 23.1 Å². The molecule has 0 saturated heterocycles. The number of alkyl halides is 2. The van der Waals surface area contributed by atoms with Crippen LogP contribution in [0.2, 0.25) is 0 Å². The molecule has 1 atom stereocenters. The zero-order valence-corrected chi connectivity index (χ0v) is 14.1. The van der Waals surface area contributed by atoms with Crippen molar-refractivity contribution >= 4 is 10.0 Å². The Morgan fingerprint density at radius 3 is 2.62 bits per heavy atom. The van der Waals surface area contributed by atoms with Crippen molar-refractivity contribution in [2.45, 2.75) is 43.6 Å². The molecule has 0 spiro atoms. The Bertz CT molecular complexity index is 813. The van der Waals surface area contributed by atoms with Crippen LogP contribution in [0.4, 0.5) is 8.78 Å². The van der Waals surface area contributed by atoms with Crippen molar-refractivity contribution in [3.8, 4) is 0 Å². The van der Waals surface area contributed by atoms with Crippen molar-refractivity contribution in [1.82, 2.24) is 3.97 Å². The van der Waals surface area contributed by atoms with Gasteiger partial charge in [0.15, 0.2) is 0 Å². The van der Waals surface area contributed by atoms with Gasteiger partial charge in [-0.3, -0.25) is 0 Å². The highest BCUT2D eigenvalue weighted by Crippen LogP contribution is 2.28. The molecule has 0 aliphatic heterocycles. The van der Waals surface area contributed by atoms with Gasteiger partial charge in [0, 0.05) is 18.3 Å². The average molecular weight is 355 g/mol. The molecule has 24 heavy (non-hydrogen) atoms. The van der Waals surface area contributed by atoms with Gasteiger partial charge in [0.1, 0.15) is 6.61 Å². The van der Waals surface area contributed by atoms with Gasteiger partial charge in [0.25, 0.3) is 16.4 Å². The van der Waals surface area contributed by atoms with Gasteiger partial charge in [-0.1, -0.05) is 17.7 Å². The number of aromatic nitrogens is 1. The standard InChI is InChI=1S/C17H19F2NO3S/c1-12-2-6-15(7-3-12)24(21,22)20-9-8-13-4-5-14(10-16(13)20)23-11-17(18)19/h2-3,6-9,14,17H,4-5,10-11H2,1H3. The predicted octanol–water partition coefficient (Wildman–Crippen LogP) is 3.17. The number of benzene rings is 1. The van der Waals surface area contributed by atoms with E-state index in [1.54, 1.807) is 30.3 Å². The maximum Gasteiger partial charge on any atom is 0.267 e. The molecule has 1 aromatic carbocycles. The van der Waals surface area contributed by atoms with E-state index in [4.69, 9.17) is 4.74 Å². The third-order valence-electron chi connectivity index (χ3n) is 4.24. The molecule has 0 fully saturated rings. The van der Waals surface area contributed by atoms with Gasteiger partial charge in [-0.25, -0.2) is 21.2 Å². The van der Waals surface area contributed by atoms with Crippen LogP contribution in [-0.2, 0) is 27.6 Å². The summed E-state index contributed by atoms with van der Waals surface area (Å²) in [5.74, 6) is 0. The fraction of sp³-hybridized carbons (Fsp3) is 0.412. The maximum absolute atomic E-state index is 12.9. The Morgan fingerprint density at radius 2 is 1.96 bits per heavy atom. The molecule has 0 bridgehead atoms. The van der Waals surface area contributed by atoms with Crippen molar-refractivity contribution < 1.29 is 21.9 Å². The molecule has 4 nitrogen and oxygen atoms in total. The third kappa shape index (κ3) is 3.37. The van der Waals surface area contributed by atoms with Gasteiger partial charge in [-0.2, -0.15) is 0 Å². The Balaban J connectivity index is 1.89. The lowest BCUT2D eigenvalue weighted by atomic mass is 9.96. The van der Waals surface area contributed by atoms with Crippen LogP contribution in [0.5, 0.6) is 0 Å². The van der Waals surface area contributed by atoms with Gasteiger partial charge in [-0.15, -0.1) is 0 Å². The number of aryl methyl sites for hydroxylation is 2. The topological polar surface area (TPSA) is 48.3 Å². The van der Waals surface area contributed by atoms with E-state index >= 15 is 0 Å². The monoisotopic (exact) mass is 355 g/mol. The van der Waals surface area contributed by atoms with Gasteiger partial charge in [0.2, 0.25) is 0 Å². The first-order valence-electron chi connectivity index (χ1n) is 7.79. The molecule has 1 unspecified atom stereocenters. The quantitative estimate of drug-likeness (QED) is 0.828. The van der Waals surface area contributed by atoms with E-state index in [0.29, 0.717) is 25.0 Å². The van der Waals surface area contributed by atoms with Crippen molar-refractivity contribution in [2.75, 3.05) is 6.61 Å². The van der Waals surface area contributed by atoms with E-state index in [1.165, 1.54) is 10.2 Å². The average Bonchev–Trinajstić information content (AvgIpc) is 2.97. The minimum absolute atomic E-state index is 0.210. The highest BCUT2D eigenvalue weighted by molar-refractivity contribution is 7.90. The summed E-state index contributed by atoms with van der Waals surface area (Å²) in [7, 11) is -3.70. The fourth-order valence-electron chi connectivity index (χ4n) is 2.97. The highest BCUT2D eigenvalue weighted by atomic mass is 32.2. The number of hydrogen-bond donors (Lipinski definition) is 0. The molecule has 2 aromatic rings. The zero-order chi connectivity index (χ0) is 17.3. The second kappa shape index (κ2) is 6.64. The molecule has 1 heterocycles. The van der Waals surface area contributed by atoms with Gasteiger partial charge in [-0.05, 0) is 43.5 Å². The van der Waals surface area contributed by atoms with Crippen LogP contribution >= 0.6 is 0 Å². The summed E-state index contributed by atoms with van der Waals surface area (Å²) >= 11 is 0. The van der Waals surface area contributed by atoms with Crippen molar-refractivity contribution in [3.05, 3.63) is 53.3 Å². The van der Waals surface area contributed by atoms with Crippen LogP contribution in [-0.4, -0.2) is 31.5 Å². The fourth-order valence-corrected chi connectivity index (χ4v) is 4.38. The van der Waals surface area contributed by atoms with E-state index in [9.17, 15) is 17.2 Å². The van der Waals surface area contributed by atoms with Crippen molar-refractivity contribution in [1.29, 1.82) is 0 Å². The summed E-state index contributed by atoms with van der Waals surface area (Å²) in [5, 5.41) is 0. The second-order valence-electron chi connectivity index (χ2n) is 5.99. The minimum atomic E-state index is -3.70. The number of ether oxygens (including phenoxy) is 1. The maximum atomic E-state index is 12.9. The lowest BCUT2D eigenvalue weighted by molar-refractivity contribution is -0.0287.